The van der Waals surface area contributed by atoms with Crippen LogP contribution in [0.1, 0.15) is 24.8 Å². The third kappa shape index (κ3) is 8.06. The van der Waals surface area contributed by atoms with Crippen LogP contribution in [0.4, 0.5) is 22.7 Å². The molecule has 12 nitrogen and oxygen atoms in total. The molecule has 0 aliphatic rings. The average molecular weight is 557 g/mol. The Morgan fingerprint density at radius 2 is 1.02 bits per heavy atom. The first-order valence-corrected chi connectivity index (χ1v) is 13.6. The van der Waals surface area contributed by atoms with Crippen LogP contribution in [0.5, 0.6) is 11.5 Å². The summed E-state index contributed by atoms with van der Waals surface area (Å²) in [7, 11) is 5.96. The van der Waals surface area contributed by atoms with Crippen molar-refractivity contribution in [3.8, 4) is 11.5 Å². The Kier molecular flexibility index (Phi) is 11.1. The van der Waals surface area contributed by atoms with Crippen molar-refractivity contribution in [2.45, 2.75) is 25.7 Å². The van der Waals surface area contributed by atoms with Crippen molar-refractivity contribution in [2.24, 2.45) is 0 Å². The molecule has 3 aromatic carbocycles. The number of aromatic hydroxyl groups is 2. The van der Waals surface area contributed by atoms with Crippen molar-refractivity contribution in [3.05, 3.63) is 64.7 Å². The Balaban J connectivity index is 1.31. The molecule has 0 saturated heterocycles. The lowest BCUT2D eigenvalue weighted by Gasteiger charge is -2.19. The summed E-state index contributed by atoms with van der Waals surface area (Å²) in [5.41, 5.74) is 0.100. The second kappa shape index (κ2) is 14.5. The van der Waals surface area contributed by atoms with Gasteiger partial charge in [-0.1, -0.05) is 6.07 Å². The molecule has 218 valence electrons. The minimum atomic E-state index is -0.547. The van der Waals surface area contributed by atoms with Gasteiger partial charge in [-0.2, -0.15) is 0 Å². The van der Waals surface area contributed by atoms with Gasteiger partial charge in [0.25, 0.3) is 21.7 Å². The molecule has 40 heavy (non-hydrogen) atoms. The van der Waals surface area contributed by atoms with Gasteiger partial charge in [0.15, 0.2) is 11.5 Å². The molecule has 0 aliphatic heterocycles. The number of phenols is 2. The van der Waals surface area contributed by atoms with Gasteiger partial charge in [0, 0.05) is 26.2 Å². The second-order valence-corrected chi connectivity index (χ2v) is 10.3. The van der Waals surface area contributed by atoms with Gasteiger partial charge >= 0.3 is 0 Å². The van der Waals surface area contributed by atoms with E-state index in [1.807, 2.05) is 21.1 Å². The molecule has 0 radical (unpaired) electrons. The lowest BCUT2D eigenvalue weighted by molar-refractivity contribution is 0.331. The SMILES string of the molecule is CN(C)CCCNc1c(NCCCN(C)CCCNc2c(NCCc3ccc(O)c(O)c3)c(=O)c2=O)c(=O)c1=O. The summed E-state index contributed by atoms with van der Waals surface area (Å²) in [5.74, 6) is -0.396. The molecule has 0 saturated carbocycles. The number of hydrogen-bond acceptors (Lipinski definition) is 12. The molecule has 0 heterocycles. The molecule has 0 bridgehead atoms. The molecule has 12 heteroatoms. The molecular formula is C28H40N6O6. The molecule has 0 atom stereocenters. The molecule has 0 unspecified atom stereocenters. The number of phenolic OH excluding ortho intramolecular Hbond substituents is 2. The Morgan fingerprint density at radius 3 is 1.45 bits per heavy atom. The summed E-state index contributed by atoms with van der Waals surface area (Å²) in [5, 5.41) is 31.2. The van der Waals surface area contributed by atoms with Crippen molar-refractivity contribution in [3.63, 3.8) is 0 Å². The summed E-state index contributed by atoms with van der Waals surface area (Å²) in [6.45, 7) is 4.58. The van der Waals surface area contributed by atoms with E-state index in [0.717, 1.165) is 44.5 Å². The molecule has 3 aromatic rings. The minimum absolute atomic E-state index is 0.193. The average Bonchev–Trinajstić information content (AvgIpc) is 2.93. The molecule has 6 N–H and O–H groups in total. The van der Waals surface area contributed by atoms with E-state index in [9.17, 15) is 29.4 Å². The Morgan fingerprint density at radius 1 is 0.600 bits per heavy atom. The van der Waals surface area contributed by atoms with Crippen molar-refractivity contribution in [2.75, 3.05) is 88.2 Å². The molecule has 3 rings (SSSR count). The van der Waals surface area contributed by atoms with Crippen LogP contribution in [-0.2, 0) is 6.42 Å². The van der Waals surface area contributed by atoms with Gasteiger partial charge in [0.2, 0.25) is 0 Å². The first-order chi connectivity index (χ1) is 19.1. The number of rotatable bonds is 19. The fourth-order valence-corrected chi connectivity index (χ4v) is 4.36. The van der Waals surface area contributed by atoms with Crippen LogP contribution >= 0.6 is 0 Å². The van der Waals surface area contributed by atoms with E-state index in [0.29, 0.717) is 49.7 Å². The topological polar surface area (TPSA) is 163 Å². The number of nitrogens with one attached hydrogen (secondary N) is 4. The predicted octanol–water partition coefficient (Wildman–Crippen LogP) is 0.544. The van der Waals surface area contributed by atoms with E-state index in [4.69, 9.17) is 0 Å². The van der Waals surface area contributed by atoms with Gasteiger partial charge in [-0.3, -0.25) is 19.2 Å². The summed E-state index contributed by atoms with van der Waals surface area (Å²) < 4.78 is 0. The Bertz CT molecular complexity index is 1400. The molecule has 0 spiro atoms. The highest BCUT2D eigenvalue weighted by Crippen LogP contribution is 2.25. The highest BCUT2D eigenvalue weighted by molar-refractivity contribution is 5.74. The van der Waals surface area contributed by atoms with E-state index in [1.165, 1.54) is 12.1 Å². The number of anilines is 4. The van der Waals surface area contributed by atoms with Crippen LogP contribution in [0.15, 0.2) is 37.4 Å². The van der Waals surface area contributed by atoms with Gasteiger partial charge in [-0.15, -0.1) is 0 Å². The molecule has 0 aromatic heterocycles. The highest BCUT2D eigenvalue weighted by atomic mass is 16.3. The lowest BCUT2D eigenvalue weighted by Crippen LogP contribution is -2.38. The maximum atomic E-state index is 12.0. The fraction of sp³-hybridized carbons (Fsp3) is 0.500. The lowest BCUT2D eigenvalue weighted by atomic mass is 10.1. The van der Waals surface area contributed by atoms with Gasteiger partial charge in [0.05, 0.1) is 0 Å². The van der Waals surface area contributed by atoms with Crippen LogP contribution in [0, 0.1) is 0 Å². The maximum Gasteiger partial charge on any atom is 0.253 e. The van der Waals surface area contributed by atoms with E-state index in [-0.39, 0.29) is 17.2 Å². The molecule has 0 amide bonds. The van der Waals surface area contributed by atoms with Crippen LogP contribution in [-0.4, -0.2) is 87.0 Å². The zero-order chi connectivity index (χ0) is 29.2. The van der Waals surface area contributed by atoms with Crippen molar-refractivity contribution in [1.29, 1.82) is 0 Å². The first kappa shape index (κ1) is 30.6. The van der Waals surface area contributed by atoms with Gasteiger partial charge < -0.3 is 41.3 Å². The van der Waals surface area contributed by atoms with Gasteiger partial charge in [-0.05, 0) is 84.2 Å². The molecule has 0 aliphatic carbocycles. The van der Waals surface area contributed by atoms with Crippen molar-refractivity contribution >= 4 is 22.7 Å². The van der Waals surface area contributed by atoms with E-state index in [1.54, 1.807) is 6.07 Å². The normalized spacial score (nSPS) is 11.5. The number of nitrogens with zero attached hydrogens (tertiary/aromatic N) is 2. The first-order valence-electron chi connectivity index (χ1n) is 13.6. The third-order valence-corrected chi connectivity index (χ3v) is 6.70. The molecule has 0 fully saturated rings. The number of hydrogen-bond donors (Lipinski definition) is 6. The van der Waals surface area contributed by atoms with Gasteiger partial charge in [-0.25, -0.2) is 0 Å². The van der Waals surface area contributed by atoms with Gasteiger partial charge in [0.1, 0.15) is 22.7 Å². The quantitative estimate of drug-likeness (QED) is 0.0691. The van der Waals surface area contributed by atoms with Crippen molar-refractivity contribution < 1.29 is 10.2 Å². The summed E-state index contributed by atoms with van der Waals surface area (Å²) in [6, 6.07) is 4.54. The predicted molar refractivity (Wildman–Crippen MR) is 160 cm³/mol. The number of benzene rings is 1. The van der Waals surface area contributed by atoms with E-state index in [2.05, 4.69) is 31.1 Å². The highest BCUT2D eigenvalue weighted by Gasteiger charge is 2.21. The maximum absolute atomic E-state index is 12.0. The van der Waals surface area contributed by atoms with Crippen LogP contribution in [0.3, 0.4) is 0 Å². The van der Waals surface area contributed by atoms with Crippen LogP contribution < -0.4 is 43.0 Å². The molecular weight excluding hydrogens is 516 g/mol. The zero-order valence-electron chi connectivity index (χ0n) is 23.4. The van der Waals surface area contributed by atoms with Crippen LogP contribution in [0.25, 0.3) is 0 Å². The van der Waals surface area contributed by atoms with E-state index < -0.39 is 21.7 Å². The fourth-order valence-electron chi connectivity index (χ4n) is 4.36. The Hall–Kier alpha value is -3.90. The Labute approximate surface area is 233 Å². The monoisotopic (exact) mass is 556 g/mol. The largest absolute Gasteiger partial charge is 0.504 e. The summed E-state index contributed by atoms with van der Waals surface area (Å²) >= 11 is 0. The third-order valence-electron chi connectivity index (χ3n) is 6.70. The smallest absolute Gasteiger partial charge is 0.253 e. The second-order valence-electron chi connectivity index (χ2n) is 10.3. The summed E-state index contributed by atoms with van der Waals surface area (Å²) in [4.78, 5) is 51.9. The summed E-state index contributed by atoms with van der Waals surface area (Å²) in [6.07, 6.45) is 2.92. The minimum Gasteiger partial charge on any atom is -0.504 e. The standard InChI is InChI=1S/C28H40N6O6/c1-33(2)14-4-10-29-21-22(26(38)25(21)37)30-11-5-15-34(3)16-6-12-31-23-24(28(40)27(23)39)32-13-9-18-7-8-19(35)20(36)17-18/h7-8,17,29-32,35-36H,4-6,9-16H2,1-3H3. The van der Waals surface area contributed by atoms with E-state index >= 15 is 0 Å². The van der Waals surface area contributed by atoms with Crippen molar-refractivity contribution in [1.82, 2.24) is 9.80 Å². The zero-order valence-corrected chi connectivity index (χ0v) is 23.4. The van der Waals surface area contributed by atoms with Crippen LogP contribution in [0.2, 0.25) is 0 Å².